The van der Waals surface area contributed by atoms with Crippen molar-refractivity contribution in [3.63, 3.8) is 0 Å². The van der Waals surface area contributed by atoms with E-state index >= 15 is 0 Å². The van der Waals surface area contributed by atoms with Gasteiger partial charge in [0.1, 0.15) is 0 Å². The van der Waals surface area contributed by atoms with Crippen LogP contribution in [0.15, 0.2) is 0 Å². The van der Waals surface area contributed by atoms with Gasteiger partial charge in [-0.2, -0.15) is 0 Å². The average Bonchev–Trinajstić information content (AvgIpc) is 3.25. The number of hydrogen-bond donors (Lipinski definition) is 4. The van der Waals surface area contributed by atoms with Crippen molar-refractivity contribution in [3.8, 4) is 0 Å². The number of ether oxygens (including phenoxy) is 3. The molecule has 5 heterocycles. The van der Waals surface area contributed by atoms with Gasteiger partial charge in [-0.3, -0.25) is 29.6 Å². The maximum Gasteiger partial charge on any atom is 0.549 e. The number of guanidine groups is 1. The molecule has 2 unspecified atom stereocenters. The number of urea groups is 1. The number of nitrogens with zero attached hydrogens (tertiary/aromatic N) is 6. The zero-order valence-electron chi connectivity index (χ0n) is 34.8. The molecule has 4 amide bonds. The number of aliphatic carboxylic acids is 1. The summed E-state index contributed by atoms with van der Waals surface area (Å²) in [7, 11) is 1.44. The molecule has 5 saturated heterocycles. The summed E-state index contributed by atoms with van der Waals surface area (Å²) < 4.78 is 46.2. The number of rotatable bonds is 15. The monoisotopic (exact) mass is 883 g/mol. The van der Waals surface area contributed by atoms with Gasteiger partial charge >= 0.3 is 24.3 Å². The summed E-state index contributed by atoms with van der Waals surface area (Å²) in [5.41, 5.74) is 5.60. The molecular weight excluding hydrogens is 813 g/mol. The molecule has 0 saturated carbocycles. The maximum atomic E-state index is 13.1. The lowest BCUT2D eigenvalue weighted by Gasteiger charge is -2.47. The highest BCUT2D eigenvalue weighted by molar-refractivity contribution is 6.07. The lowest BCUT2D eigenvalue weighted by atomic mass is 9.78. The van der Waals surface area contributed by atoms with Crippen molar-refractivity contribution in [2.45, 2.75) is 90.5 Å². The van der Waals surface area contributed by atoms with E-state index in [1.54, 1.807) is 9.80 Å². The first-order chi connectivity index (χ1) is 28.6. The lowest BCUT2D eigenvalue weighted by Crippen LogP contribution is -2.70. The Morgan fingerprint density at radius 1 is 0.803 bits per heavy atom. The molecule has 352 valence electrons. The third-order valence-corrected chi connectivity index (χ3v) is 11.3. The zero-order chi connectivity index (χ0) is 44.1. The number of imide groups is 1. The minimum Gasteiger partial charge on any atom is -0.480 e. The molecule has 61 heavy (non-hydrogen) atoms. The number of nitrogens with two attached hydrogens (primary N) is 1. The largest absolute Gasteiger partial charge is 0.549 e. The third kappa shape index (κ3) is 19.0. The number of hydrogen-bond acceptors (Lipinski definition) is 13. The fourth-order valence-electron chi connectivity index (χ4n) is 7.89. The summed E-state index contributed by atoms with van der Waals surface area (Å²) in [6.45, 7) is 12.0. The number of β-lactam (4-membered cyclic amide) rings is 1. The second-order valence-corrected chi connectivity index (χ2v) is 15.5. The number of morpholine rings is 2. The molecule has 0 radical (unpaired) electrons. The fraction of sp³-hybridized carbons (Fsp3) is 0.846. The molecular formula is C39H69F3N8O11. The number of unbranched alkanes of at least 4 members (excludes halogenated alkanes) is 4. The molecule has 22 heteroatoms. The number of methoxy groups -OCH3 is 1. The molecule has 5 N–H and O–H groups in total. The number of esters is 1. The SMILES string of the molecule is C.COC(=O)CCCCCN1CCOCC1.N=C(N)N1CCCC(C[C@H]2C(=O)N(C(=O)N3CCN(C(=O)CCCCCN4CCOCC4)CC3)C2C(=O)O)C1.OOC(F)(F)F. The van der Waals surface area contributed by atoms with Crippen molar-refractivity contribution in [1.29, 1.82) is 5.41 Å². The van der Waals surface area contributed by atoms with Crippen molar-refractivity contribution >= 4 is 35.7 Å². The number of likely N-dealkylation sites (tertiary alicyclic amines) is 2. The van der Waals surface area contributed by atoms with Crippen LogP contribution in [0, 0.1) is 17.2 Å². The molecule has 0 spiro atoms. The smallest absolute Gasteiger partial charge is 0.480 e. The van der Waals surface area contributed by atoms with Gasteiger partial charge in [-0.1, -0.05) is 20.3 Å². The summed E-state index contributed by atoms with van der Waals surface area (Å²) in [5, 5.41) is 24.3. The molecule has 5 fully saturated rings. The number of carbonyl (C=O) groups excluding carboxylic acids is 4. The molecule has 5 aliphatic heterocycles. The molecule has 3 atom stereocenters. The van der Waals surface area contributed by atoms with Gasteiger partial charge in [0.15, 0.2) is 12.0 Å². The normalized spacial score (nSPS) is 22.4. The third-order valence-electron chi connectivity index (χ3n) is 11.3. The summed E-state index contributed by atoms with van der Waals surface area (Å²) in [6.07, 6.45) is 4.23. The van der Waals surface area contributed by atoms with Crippen LogP contribution in [0.1, 0.15) is 78.1 Å². The molecule has 0 aromatic rings. The quantitative estimate of drug-likeness (QED) is 0.0353. The summed E-state index contributed by atoms with van der Waals surface area (Å²) in [4.78, 5) is 74.2. The van der Waals surface area contributed by atoms with Crippen LogP contribution in [-0.2, 0) is 38.3 Å². The van der Waals surface area contributed by atoms with E-state index in [1.807, 2.05) is 4.89 Å². The van der Waals surface area contributed by atoms with Gasteiger partial charge in [-0.05, 0) is 64.0 Å². The highest BCUT2D eigenvalue weighted by Crippen LogP contribution is 2.36. The van der Waals surface area contributed by atoms with E-state index in [-0.39, 0.29) is 44.3 Å². The van der Waals surface area contributed by atoms with Crippen LogP contribution >= 0.6 is 0 Å². The van der Waals surface area contributed by atoms with E-state index in [0.29, 0.717) is 45.4 Å². The Hall–Kier alpha value is -3.83. The number of halogens is 3. The Morgan fingerprint density at radius 3 is 1.79 bits per heavy atom. The summed E-state index contributed by atoms with van der Waals surface area (Å²) in [5.74, 6) is -2.39. The average molecular weight is 883 g/mol. The van der Waals surface area contributed by atoms with Gasteiger partial charge in [0.2, 0.25) is 11.8 Å². The van der Waals surface area contributed by atoms with Crippen LogP contribution in [0.5, 0.6) is 0 Å². The van der Waals surface area contributed by atoms with Crippen LogP contribution < -0.4 is 5.73 Å². The van der Waals surface area contributed by atoms with Crippen molar-refractivity contribution < 1.29 is 66.6 Å². The van der Waals surface area contributed by atoms with E-state index < -0.39 is 36.2 Å². The number of alkyl halides is 3. The second-order valence-electron chi connectivity index (χ2n) is 15.5. The van der Waals surface area contributed by atoms with E-state index in [1.165, 1.54) is 12.0 Å². The van der Waals surface area contributed by atoms with E-state index in [4.69, 9.17) is 25.9 Å². The molecule has 0 aromatic heterocycles. The molecule has 5 aliphatic rings. The summed E-state index contributed by atoms with van der Waals surface area (Å²) in [6, 6.07) is -1.78. The molecule has 0 aromatic carbocycles. The highest BCUT2D eigenvalue weighted by atomic mass is 19.4. The summed E-state index contributed by atoms with van der Waals surface area (Å²) >= 11 is 0. The first-order valence-corrected chi connectivity index (χ1v) is 20.9. The minimum atomic E-state index is -4.90. The molecule has 0 bridgehead atoms. The van der Waals surface area contributed by atoms with Crippen LogP contribution in [-0.4, -0.2) is 200 Å². The second kappa shape index (κ2) is 28.0. The first kappa shape index (κ1) is 53.3. The topological polar surface area (TPSA) is 232 Å². The van der Waals surface area contributed by atoms with Crippen LogP contribution in [0.3, 0.4) is 0 Å². The zero-order valence-corrected chi connectivity index (χ0v) is 34.8. The Kier molecular flexibility index (Phi) is 24.5. The number of carboxylic acid groups (broad SMARTS) is 1. The predicted molar refractivity (Wildman–Crippen MR) is 216 cm³/mol. The van der Waals surface area contributed by atoms with Gasteiger partial charge in [0.05, 0.1) is 39.5 Å². The molecule has 19 nitrogen and oxygen atoms in total. The molecule has 5 rings (SSSR count). The van der Waals surface area contributed by atoms with E-state index in [0.717, 1.165) is 122 Å². The highest BCUT2D eigenvalue weighted by Gasteiger charge is 2.56. The van der Waals surface area contributed by atoms with Gasteiger partial charge < -0.3 is 39.8 Å². The number of amides is 4. The van der Waals surface area contributed by atoms with Gasteiger partial charge in [0, 0.05) is 78.3 Å². The van der Waals surface area contributed by atoms with Crippen molar-refractivity contribution in [2.24, 2.45) is 17.6 Å². The van der Waals surface area contributed by atoms with E-state index in [2.05, 4.69) is 14.5 Å². The fourth-order valence-corrected chi connectivity index (χ4v) is 7.89. The van der Waals surface area contributed by atoms with Gasteiger partial charge in [-0.25, -0.2) is 19.7 Å². The lowest BCUT2D eigenvalue weighted by molar-refractivity contribution is -0.464. The minimum absolute atomic E-state index is 0. The Labute approximate surface area is 356 Å². The number of nitrogens with one attached hydrogen (secondary N) is 1. The van der Waals surface area contributed by atoms with Crippen LogP contribution in [0.25, 0.3) is 0 Å². The Balaban J connectivity index is 0.000000481. The van der Waals surface area contributed by atoms with Crippen molar-refractivity contribution in [3.05, 3.63) is 0 Å². The van der Waals surface area contributed by atoms with Crippen LogP contribution in [0.2, 0.25) is 0 Å². The Bertz CT molecular complexity index is 1360. The standard InChI is InChI=1S/C26H43N7O6.C11H21NO3.CHF3O2.CH4/c27-25(28)32-8-4-5-19(18-32)17-20-22(24(36)37)33(23(20)35)26(38)31-11-9-30(10-12-31)21(34)6-2-1-3-7-29-13-15-39-16-14-29;1-14-11(13)5-3-2-4-6-12-7-9-15-10-8-12;2-1(3,4)6-5;/h19-20,22H,1-18H2,(H3,27,28)(H,36,37);2-10H2,1H3;5H;1H4/t19?,20-,22?;;;/m1.../s1. The van der Waals surface area contributed by atoms with Crippen molar-refractivity contribution in [1.82, 2.24) is 29.4 Å². The van der Waals surface area contributed by atoms with Gasteiger partial charge in [0.25, 0.3) is 0 Å². The number of piperidine rings is 1. The van der Waals surface area contributed by atoms with E-state index in [9.17, 15) is 42.3 Å². The number of piperazine rings is 1. The predicted octanol–water partition coefficient (Wildman–Crippen LogP) is 2.73. The number of carbonyl (C=O) groups is 5. The first-order valence-electron chi connectivity index (χ1n) is 20.9. The molecule has 0 aliphatic carbocycles. The van der Waals surface area contributed by atoms with Crippen LogP contribution in [0.4, 0.5) is 18.0 Å². The number of carboxylic acids is 1. The van der Waals surface area contributed by atoms with Crippen molar-refractivity contribution in [2.75, 3.05) is 112 Å². The Morgan fingerprint density at radius 2 is 1.31 bits per heavy atom. The van der Waals surface area contributed by atoms with Gasteiger partial charge in [-0.15, -0.1) is 18.1 Å². The maximum absolute atomic E-state index is 13.1.